The Kier molecular flexibility index (Phi) is 2.48. The lowest BCUT2D eigenvalue weighted by Crippen LogP contribution is -1.93. The Balaban J connectivity index is 2.47. The molecule has 72 valence electrons. The van der Waals surface area contributed by atoms with Crippen molar-refractivity contribution in [1.29, 1.82) is 0 Å². The minimum atomic E-state index is 0.613. The number of aryl methyl sites for hydroxylation is 1. The molecular formula is C10H8Cl2N2. The van der Waals surface area contributed by atoms with Crippen molar-refractivity contribution in [2.75, 3.05) is 0 Å². The largest absolute Gasteiger partial charge is 0.239 e. The van der Waals surface area contributed by atoms with E-state index in [1.54, 1.807) is 17.1 Å². The van der Waals surface area contributed by atoms with Gasteiger partial charge in [-0.05, 0) is 24.6 Å². The molecule has 0 aliphatic rings. The van der Waals surface area contributed by atoms with Crippen molar-refractivity contribution < 1.29 is 0 Å². The SMILES string of the molecule is Cc1ccc(-n2cc(Cl)cn2)cc1Cl. The zero-order valence-electron chi connectivity index (χ0n) is 7.54. The molecule has 2 nitrogen and oxygen atoms in total. The average Bonchev–Trinajstić information content (AvgIpc) is 2.57. The molecule has 2 rings (SSSR count). The van der Waals surface area contributed by atoms with Crippen LogP contribution in [0, 0.1) is 6.92 Å². The lowest BCUT2D eigenvalue weighted by Gasteiger charge is -2.03. The Hall–Kier alpha value is -0.990. The molecule has 0 aliphatic carbocycles. The summed E-state index contributed by atoms with van der Waals surface area (Å²) in [5.74, 6) is 0. The predicted molar refractivity (Wildman–Crippen MR) is 58.3 cm³/mol. The van der Waals surface area contributed by atoms with E-state index in [0.717, 1.165) is 16.3 Å². The fourth-order valence-electron chi connectivity index (χ4n) is 1.17. The smallest absolute Gasteiger partial charge is 0.0790 e. The third-order valence-electron chi connectivity index (χ3n) is 1.97. The number of benzene rings is 1. The van der Waals surface area contributed by atoms with Crippen molar-refractivity contribution in [1.82, 2.24) is 9.78 Å². The summed E-state index contributed by atoms with van der Waals surface area (Å²) in [4.78, 5) is 0. The quantitative estimate of drug-likeness (QED) is 0.729. The minimum absolute atomic E-state index is 0.613. The highest BCUT2D eigenvalue weighted by Gasteiger charge is 2.01. The van der Waals surface area contributed by atoms with Crippen LogP contribution in [0.5, 0.6) is 0 Å². The fourth-order valence-corrected chi connectivity index (χ4v) is 1.48. The Labute approximate surface area is 92.1 Å². The summed E-state index contributed by atoms with van der Waals surface area (Å²) in [6.45, 7) is 1.96. The number of halogens is 2. The highest BCUT2D eigenvalue weighted by atomic mass is 35.5. The molecule has 4 heteroatoms. The molecule has 0 fully saturated rings. The van der Waals surface area contributed by atoms with Crippen LogP contribution < -0.4 is 0 Å². The van der Waals surface area contributed by atoms with E-state index in [-0.39, 0.29) is 0 Å². The molecule has 2 aromatic rings. The number of rotatable bonds is 1. The van der Waals surface area contributed by atoms with Gasteiger partial charge in [-0.25, -0.2) is 4.68 Å². The van der Waals surface area contributed by atoms with Crippen molar-refractivity contribution in [3.05, 3.63) is 46.2 Å². The van der Waals surface area contributed by atoms with Crippen molar-refractivity contribution in [3.63, 3.8) is 0 Å². The summed E-state index contributed by atoms with van der Waals surface area (Å²) in [6.07, 6.45) is 3.33. The molecule has 14 heavy (non-hydrogen) atoms. The Morgan fingerprint density at radius 3 is 2.64 bits per heavy atom. The van der Waals surface area contributed by atoms with Gasteiger partial charge < -0.3 is 0 Å². The summed E-state index contributed by atoms with van der Waals surface area (Å²) >= 11 is 11.8. The molecule has 0 aliphatic heterocycles. The molecule has 0 N–H and O–H groups in total. The van der Waals surface area contributed by atoms with Crippen LogP contribution in [-0.4, -0.2) is 9.78 Å². The summed E-state index contributed by atoms with van der Waals surface area (Å²) in [5.41, 5.74) is 1.96. The molecule has 0 amide bonds. The van der Waals surface area contributed by atoms with Gasteiger partial charge in [-0.1, -0.05) is 29.3 Å². The van der Waals surface area contributed by atoms with E-state index in [1.807, 2.05) is 25.1 Å². The fraction of sp³-hybridized carbons (Fsp3) is 0.100. The molecule has 0 bridgehead atoms. The lowest BCUT2D eigenvalue weighted by molar-refractivity contribution is 0.880. The van der Waals surface area contributed by atoms with E-state index in [1.165, 1.54) is 0 Å². The Morgan fingerprint density at radius 2 is 2.07 bits per heavy atom. The van der Waals surface area contributed by atoms with Crippen LogP contribution in [-0.2, 0) is 0 Å². The maximum atomic E-state index is 6.00. The van der Waals surface area contributed by atoms with E-state index >= 15 is 0 Å². The van der Waals surface area contributed by atoms with E-state index in [4.69, 9.17) is 23.2 Å². The van der Waals surface area contributed by atoms with Crippen LogP contribution in [0.4, 0.5) is 0 Å². The van der Waals surface area contributed by atoms with E-state index in [9.17, 15) is 0 Å². The first-order valence-corrected chi connectivity index (χ1v) is 4.89. The molecule has 0 unspecified atom stereocenters. The summed E-state index contributed by atoms with van der Waals surface area (Å²) in [7, 11) is 0. The molecule has 1 heterocycles. The minimum Gasteiger partial charge on any atom is -0.239 e. The maximum Gasteiger partial charge on any atom is 0.0790 e. The van der Waals surface area contributed by atoms with Gasteiger partial charge in [0.2, 0.25) is 0 Å². The third-order valence-corrected chi connectivity index (χ3v) is 2.57. The monoisotopic (exact) mass is 226 g/mol. The molecule has 0 saturated carbocycles. The van der Waals surface area contributed by atoms with Gasteiger partial charge in [0, 0.05) is 11.2 Å². The Morgan fingerprint density at radius 1 is 1.29 bits per heavy atom. The first kappa shape index (κ1) is 9.56. The zero-order chi connectivity index (χ0) is 10.1. The maximum absolute atomic E-state index is 6.00. The van der Waals surface area contributed by atoms with Crippen molar-refractivity contribution in [3.8, 4) is 5.69 Å². The summed E-state index contributed by atoms with van der Waals surface area (Å²) in [5, 5.41) is 5.43. The van der Waals surface area contributed by atoms with Gasteiger partial charge in [-0.3, -0.25) is 0 Å². The van der Waals surface area contributed by atoms with Gasteiger partial charge in [0.1, 0.15) is 0 Å². The second-order valence-corrected chi connectivity index (χ2v) is 3.88. The van der Waals surface area contributed by atoms with Gasteiger partial charge in [0.05, 0.1) is 16.9 Å². The summed E-state index contributed by atoms with van der Waals surface area (Å²) in [6, 6.07) is 5.76. The second-order valence-electron chi connectivity index (χ2n) is 3.04. The first-order valence-electron chi connectivity index (χ1n) is 4.13. The van der Waals surface area contributed by atoms with Gasteiger partial charge >= 0.3 is 0 Å². The molecule has 0 saturated heterocycles. The molecular weight excluding hydrogens is 219 g/mol. The van der Waals surface area contributed by atoms with Crippen LogP contribution in [0.3, 0.4) is 0 Å². The first-order chi connectivity index (χ1) is 6.66. The second kappa shape index (κ2) is 3.64. The molecule has 1 aromatic heterocycles. The normalized spacial score (nSPS) is 10.5. The van der Waals surface area contributed by atoms with Crippen LogP contribution in [0.1, 0.15) is 5.56 Å². The van der Waals surface area contributed by atoms with Crippen molar-refractivity contribution in [2.24, 2.45) is 0 Å². The molecule has 0 radical (unpaired) electrons. The average molecular weight is 227 g/mol. The molecule has 0 atom stereocenters. The van der Waals surface area contributed by atoms with Crippen LogP contribution in [0.2, 0.25) is 10.0 Å². The molecule has 0 spiro atoms. The van der Waals surface area contributed by atoms with E-state index < -0.39 is 0 Å². The third kappa shape index (κ3) is 1.76. The Bertz CT molecular complexity index is 463. The van der Waals surface area contributed by atoms with Crippen molar-refractivity contribution >= 4 is 23.2 Å². The highest BCUT2D eigenvalue weighted by Crippen LogP contribution is 2.19. The van der Waals surface area contributed by atoms with Gasteiger partial charge in [-0.2, -0.15) is 5.10 Å². The topological polar surface area (TPSA) is 17.8 Å². The predicted octanol–water partition coefficient (Wildman–Crippen LogP) is 3.49. The van der Waals surface area contributed by atoms with Crippen molar-refractivity contribution in [2.45, 2.75) is 6.92 Å². The van der Waals surface area contributed by atoms with Crippen LogP contribution in [0.15, 0.2) is 30.6 Å². The zero-order valence-corrected chi connectivity index (χ0v) is 9.05. The van der Waals surface area contributed by atoms with E-state index in [2.05, 4.69) is 5.10 Å². The van der Waals surface area contributed by atoms with Gasteiger partial charge in [0.25, 0.3) is 0 Å². The van der Waals surface area contributed by atoms with E-state index in [0.29, 0.717) is 5.02 Å². The number of aromatic nitrogens is 2. The van der Waals surface area contributed by atoms with Crippen LogP contribution >= 0.6 is 23.2 Å². The standard InChI is InChI=1S/C10H8Cl2N2/c1-7-2-3-9(4-10(7)12)14-6-8(11)5-13-14/h2-6H,1H3. The number of nitrogens with zero attached hydrogens (tertiary/aromatic N) is 2. The summed E-state index contributed by atoms with van der Waals surface area (Å²) < 4.78 is 1.69. The van der Waals surface area contributed by atoms with Gasteiger partial charge in [-0.15, -0.1) is 0 Å². The number of hydrogen-bond acceptors (Lipinski definition) is 1. The van der Waals surface area contributed by atoms with Crippen LogP contribution in [0.25, 0.3) is 5.69 Å². The van der Waals surface area contributed by atoms with Gasteiger partial charge in [0.15, 0.2) is 0 Å². The number of hydrogen-bond donors (Lipinski definition) is 0. The lowest BCUT2D eigenvalue weighted by atomic mass is 10.2. The molecule has 1 aromatic carbocycles. The highest BCUT2D eigenvalue weighted by molar-refractivity contribution is 6.31.